The number of nitrogens with zero attached hydrogens (tertiary/aromatic N) is 3. The molecule has 0 N–H and O–H groups in total. The van der Waals surface area contributed by atoms with Gasteiger partial charge in [-0.2, -0.15) is 0 Å². The highest BCUT2D eigenvalue weighted by molar-refractivity contribution is 5.97. The first-order valence-corrected chi connectivity index (χ1v) is 8.50. The third kappa shape index (κ3) is 3.99. The van der Waals surface area contributed by atoms with E-state index in [-0.39, 0.29) is 30.8 Å². The Labute approximate surface area is 147 Å². The number of carbonyl (C=O) groups excluding carboxylic acids is 3. The maximum atomic E-state index is 12.6. The summed E-state index contributed by atoms with van der Waals surface area (Å²) in [5.41, 5.74) is 0.966. The zero-order valence-corrected chi connectivity index (χ0v) is 14.4. The summed E-state index contributed by atoms with van der Waals surface area (Å²) in [5.74, 6) is -0.449. The Kier molecular flexibility index (Phi) is 5.33. The average molecular weight is 345 g/mol. The minimum atomic E-state index is -0.640. The predicted molar refractivity (Wildman–Crippen MR) is 90.7 cm³/mol. The van der Waals surface area contributed by atoms with E-state index in [0.717, 1.165) is 5.56 Å². The molecule has 0 spiro atoms. The third-order valence-electron chi connectivity index (χ3n) is 4.67. The molecule has 1 atom stereocenters. The van der Waals surface area contributed by atoms with E-state index in [2.05, 4.69) is 0 Å². The number of hydrogen-bond acceptors (Lipinski definition) is 4. The molecule has 7 nitrogen and oxygen atoms in total. The molecule has 1 aromatic rings. The van der Waals surface area contributed by atoms with Crippen LogP contribution in [-0.2, 0) is 25.5 Å². The van der Waals surface area contributed by atoms with Crippen molar-refractivity contribution in [1.82, 2.24) is 14.7 Å². The highest BCUT2D eigenvalue weighted by Gasteiger charge is 2.39. The van der Waals surface area contributed by atoms with Crippen LogP contribution in [0.4, 0.5) is 0 Å². The van der Waals surface area contributed by atoms with Gasteiger partial charge in [-0.15, -0.1) is 0 Å². The first kappa shape index (κ1) is 17.4. The summed E-state index contributed by atoms with van der Waals surface area (Å²) >= 11 is 0. The molecule has 0 unspecified atom stereocenters. The maximum Gasteiger partial charge on any atom is 0.245 e. The smallest absolute Gasteiger partial charge is 0.245 e. The molecule has 7 heteroatoms. The number of hydrogen-bond donors (Lipinski definition) is 0. The Hall–Kier alpha value is -2.41. The van der Waals surface area contributed by atoms with E-state index in [1.54, 1.807) is 11.9 Å². The lowest BCUT2D eigenvalue weighted by Gasteiger charge is -2.39. The number of morpholine rings is 1. The van der Waals surface area contributed by atoms with Gasteiger partial charge in [0.05, 0.1) is 19.8 Å². The van der Waals surface area contributed by atoms with Gasteiger partial charge in [0, 0.05) is 26.6 Å². The Morgan fingerprint density at radius 1 is 1.16 bits per heavy atom. The summed E-state index contributed by atoms with van der Waals surface area (Å²) in [5, 5.41) is 0. The van der Waals surface area contributed by atoms with Crippen LogP contribution in [0.5, 0.6) is 0 Å². The monoisotopic (exact) mass is 345 g/mol. The summed E-state index contributed by atoms with van der Waals surface area (Å²) in [7, 11) is 1.62. The first-order valence-electron chi connectivity index (χ1n) is 8.50. The summed E-state index contributed by atoms with van der Waals surface area (Å²) in [6, 6.07) is 8.92. The van der Waals surface area contributed by atoms with E-state index in [9.17, 15) is 14.4 Å². The van der Waals surface area contributed by atoms with Crippen LogP contribution in [0.1, 0.15) is 5.56 Å². The van der Waals surface area contributed by atoms with Gasteiger partial charge in [0.15, 0.2) is 0 Å². The van der Waals surface area contributed by atoms with Gasteiger partial charge >= 0.3 is 0 Å². The predicted octanol–water partition coefficient (Wildman–Crippen LogP) is -0.243. The lowest BCUT2D eigenvalue weighted by atomic mass is 10.0. The second-order valence-electron chi connectivity index (χ2n) is 6.41. The van der Waals surface area contributed by atoms with Gasteiger partial charge < -0.3 is 19.4 Å². The molecule has 25 heavy (non-hydrogen) atoms. The van der Waals surface area contributed by atoms with Crippen LogP contribution in [0.3, 0.4) is 0 Å². The zero-order chi connectivity index (χ0) is 17.8. The van der Waals surface area contributed by atoms with E-state index in [4.69, 9.17) is 4.74 Å². The van der Waals surface area contributed by atoms with Gasteiger partial charge in [-0.1, -0.05) is 30.3 Å². The van der Waals surface area contributed by atoms with Crippen LogP contribution < -0.4 is 0 Å². The molecule has 0 radical (unpaired) electrons. The molecule has 2 fully saturated rings. The van der Waals surface area contributed by atoms with Crippen LogP contribution in [-0.4, -0.2) is 84.9 Å². The molecule has 0 bridgehead atoms. The molecular formula is C18H23N3O4. The Morgan fingerprint density at radius 3 is 2.52 bits per heavy atom. The van der Waals surface area contributed by atoms with Crippen LogP contribution in [0.2, 0.25) is 0 Å². The maximum absolute atomic E-state index is 12.6. The van der Waals surface area contributed by atoms with Crippen molar-refractivity contribution in [2.24, 2.45) is 0 Å². The standard InChI is InChI=1S/C18H23N3O4/c1-19-12-17(23)21(13-16(22)20-7-9-25-10-8-20)15(18(19)24)11-14-5-3-2-4-6-14/h2-6,15H,7-13H2,1H3/t15-/m1/s1. The fraction of sp³-hybridized carbons (Fsp3) is 0.500. The number of amides is 3. The molecule has 0 aliphatic carbocycles. The van der Waals surface area contributed by atoms with E-state index in [1.165, 1.54) is 9.80 Å². The normalized spacial score (nSPS) is 21.6. The van der Waals surface area contributed by atoms with Crippen molar-refractivity contribution in [3.63, 3.8) is 0 Å². The molecule has 3 amide bonds. The molecule has 0 aromatic heterocycles. The van der Waals surface area contributed by atoms with Crippen LogP contribution in [0.15, 0.2) is 30.3 Å². The summed E-state index contributed by atoms with van der Waals surface area (Å²) in [4.78, 5) is 42.3. The summed E-state index contributed by atoms with van der Waals surface area (Å²) in [6.07, 6.45) is 0.409. The first-order chi connectivity index (χ1) is 12.1. The van der Waals surface area contributed by atoms with E-state index >= 15 is 0 Å². The van der Waals surface area contributed by atoms with Crippen molar-refractivity contribution in [3.05, 3.63) is 35.9 Å². The van der Waals surface area contributed by atoms with Crippen LogP contribution in [0, 0.1) is 0 Å². The second kappa shape index (κ2) is 7.65. The minimum absolute atomic E-state index is 0.0144. The van der Waals surface area contributed by atoms with Crippen molar-refractivity contribution < 1.29 is 19.1 Å². The Balaban J connectivity index is 1.76. The summed E-state index contributed by atoms with van der Waals surface area (Å²) < 4.78 is 5.26. The number of rotatable bonds is 4. The number of carbonyl (C=O) groups is 3. The number of piperazine rings is 1. The minimum Gasteiger partial charge on any atom is -0.378 e. The number of benzene rings is 1. The van der Waals surface area contributed by atoms with Crippen molar-refractivity contribution in [1.29, 1.82) is 0 Å². The fourth-order valence-corrected chi connectivity index (χ4v) is 3.22. The molecule has 2 heterocycles. The van der Waals surface area contributed by atoms with Gasteiger partial charge in [0.2, 0.25) is 17.7 Å². The largest absolute Gasteiger partial charge is 0.378 e. The lowest BCUT2D eigenvalue weighted by Crippen LogP contribution is -2.61. The lowest BCUT2D eigenvalue weighted by molar-refractivity contribution is -0.157. The molecular weight excluding hydrogens is 322 g/mol. The molecule has 1 aromatic carbocycles. The van der Waals surface area contributed by atoms with Gasteiger partial charge in [0.1, 0.15) is 12.6 Å². The molecule has 0 saturated carbocycles. The van der Waals surface area contributed by atoms with Crippen molar-refractivity contribution in [2.45, 2.75) is 12.5 Å². The van der Waals surface area contributed by atoms with Crippen molar-refractivity contribution >= 4 is 17.7 Å². The number of ether oxygens (including phenoxy) is 1. The molecule has 134 valence electrons. The quantitative estimate of drug-likeness (QED) is 0.755. The zero-order valence-electron chi connectivity index (χ0n) is 14.4. The van der Waals surface area contributed by atoms with E-state index < -0.39 is 6.04 Å². The Bertz CT molecular complexity index is 643. The van der Waals surface area contributed by atoms with E-state index in [0.29, 0.717) is 32.7 Å². The highest BCUT2D eigenvalue weighted by Crippen LogP contribution is 2.17. The van der Waals surface area contributed by atoms with Gasteiger partial charge in [-0.3, -0.25) is 14.4 Å². The second-order valence-corrected chi connectivity index (χ2v) is 6.41. The molecule has 2 aliphatic rings. The highest BCUT2D eigenvalue weighted by atomic mass is 16.5. The van der Waals surface area contributed by atoms with Gasteiger partial charge in [0.25, 0.3) is 0 Å². The molecule has 3 rings (SSSR count). The topological polar surface area (TPSA) is 70.2 Å². The summed E-state index contributed by atoms with van der Waals surface area (Å²) in [6.45, 7) is 2.02. The van der Waals surface area contributed by atoms with Crippen molar-refractivity contribution in [2.75, 3.05) is 46.4 Å². The van der Waals surface area contributed by atoms with E-state index in [1.807, 2.05) is 30.3 Å². The van der Waals surface area contributed by atoms with Gasteiger partial charge in [-0.25, -0.2) is 0 Å². The van der Waals surface area contributed by atoms with Crippen molar-refractivity contribution in [3.8, 4) is 0 Å². The van der Waals surface area contributed by atoms with Crippen LogP contribution in [0.25, 0.3) is 0 Å². The third-order valence-corrected chi connectivity index (χ3v) is 4.67. The van der Waals surface area contributed by atoms with Crippen LogP contribution >= 0.6 is 0 Å². The SMILES string of the molecule is CN1CC(=O)N(CC(=O)N2CCOCC2)[C@H](Cc2ccccc2)C1=O. The Morgan fingerprint density at radius 2 is 1.84 bits per heavy atom. The van der Waals surface area contributed by atoms with Gasteiger partial charge in [-0.05, 0) is 5.56 Å². The number of likely N-dealkylation sites (N-methyl/N-ethyl adjacent to an activating group) is 1. The average Bonchev–Trinajstić information content (AvgIpc) is 2.64. The molecule has 2 aliphatic heterocycles. The fourth-order valence-electron chi connectivity index (χ4n) is 3.22. The molecule has 2 saturated heterocycles.